The topological polar surface area (TPSA) is 37.3 Å². The van der Waals surface area contributed by atoms with Crippen LogP contribution in [0.5, 0.6) is 0 Å². The molecule has 4 aliphatic carbocycles. The van der Waals surface area contributed by atoms with Gasteiger partial charge < -0.3 is 5.11 Å². The first-order chi connectivity index (χ1) is 13.8. The Morgan fingerprint density at radius 1 is 0.897 bits per heavy atom. The molecule has 2 nitrogen and oxygen atoms in total. The largest absolute Gasteiger partial charge is 0.481 e. The molecule has 1 unspecified atom stereocenters. The molecule has 0 aromatic heterocycles. The molecule has 29 heavy (non-hydrogen) atoms. The van der Waals surface area contributed by atoms with Gasteiger partial charge in [0.15, 0.2) is 0 Å². The molecule has 0 radical (unpaired) electrons. The molecule has 0 heterocycles. The number of hydrogen-bond acceptors (Lipinski definition) is 1. The lowest BCUT2D eigenvalue weighted by atomic mass is 9.44. The molecule has 0 spiro atoms. The minimum absolute atomic E-state index is 0.184. The third-order valence-corrected chi connectivity index (χ3v) is 11.1. The van der Waals surface area contributed by atoms with Crippen LogP contribution in [0.25, 0.3) is 0 Å². The van der Waals surface area contributed by atoms with Crippen LogP contribution in [-0.4, -0.2) is 11.1 Å². The van der Waals surface area contributed by atoms with Gasteiger partial charge in [-0.1, -0.05) is 53.4 Å². The van der Waals surface area contributed by atoms with E-state index in [0.29, 0.717) is 10.8 Å². The summed E-state index contributed by atoms with van der Waals surface area (Å²) in [6.07, 6.45) is 18.0. The lowest BCUT2D eigenvalue weighted by Gasteiger charge is -2.61. The molecule has 0 aromatic rings. The summed E-state index contributed by atoms with van der Waals surface area (Å²) in [5.41, 5.74) is 1.20. The number of carbonyl (C=O) groups is 1. The monoisotopic (exact) mass is 402 g/mol. The number of aliphatic carboxylic acids is 1. The van der Waals surface area contributed by atoms with E-state index in [9.17, 15) is 4.79 Å². The Morgan fingerprint density at radius 3 is 2.41 bits per heavy atom. The molecule has 4 fully saturated rings. The van der Waals surface area contributed by atoms with Gasteiger partial charge in [-0.2, -0.15) is 0 Å². The van der Waals surface area contributed by atoms with Crippen molar-refractivity contribution in [3.05, 3.63) is 0 Å². The standard InChI is InChI=1S/C27H46O2/c1-18(8-7-9-19(2)25(28)29)22-13-14-23-21-12-11-20-10-5-6-16-26(20,3)24(21)15-17-27(22,23)4/h18-24H,5-17H2,1-4H3,(H,28,29)/t18-,19?,20+,21+,22-,23+,24+,26+,27-/m1/s1. The van der Waals surface area contributed by atoms with Crippen LogP contribution in [0.15, 0.2) is 0 Å². The van der Waals surface area contributed by atoms with Gasteiger partial charge >= 0.3 is 5.97 Å². The molecule has 0 aliphatic heterocycles. The van der Waals surface area contributed by atoms with Crippen molar-refractivity contribution in [1.82, 2.24) is 0 Å². The fourth-order valence-electron chi connectivity index (χ4n) is 9.34. The first-order valence-corrected chi connectivity index (χ1v) is 13.0. The summed E-state index contributed by atoms with van der Waals surface area (Å²) in [5.74, 6) is 4.80. The van der Waals surface area contributed by atoms with E-state index >= 15 is 0 Å². The molecule has 4 rings (SSSR count). The highest BCUT2D eigenvalue weighted by atomic mass is 16.4. The summed E-state index contributed by atoms with van der Waals surface area (Å²) in [6.45, 7) is 9.70. The predicted octanol–water partition coefficient (Wildman–Crippen LogP) is 7.56. The third-order valence-electron chi connectivity index (χ3n) is 11.1. The van der Waals surface area contributed by atoms with E-state index in [1.165, 1.54) is 70.6 Å². The van der Waals surface area contributed by atoms with Crippen LogP contribution in [-0.2, 0) is 4.79 Å². The van der Waals surface area contributed by atoms with Crippen molar-refractivity contribution in [3.63, 3.8) is 0 Å². The third kappa shape index (κ3) is 3.69. The average Bonchev–Trinajstić information content (AvgIpc) is 3.04. The molecule has 0 aromatic carbocycles. The SMILES string of the molecule is CC(CCC[C@@H](C)[C@H]1CC[C@H]2[C@@H]3CC[C@@H]4CCCC[C@]4(C)[C@H]3CC[C@]12C)C(=O)O. The normalized spacial score (nSPS) is 46.3. The van der Waals surface area contributed by atoms with Crippen LogP contribution in [0.4, 0.5) is 0 Å². The Morgan fingerprint density at radius 2 is 1.66 bits per heavy atom. The molecule has 0 amide bonds. The van der Waals surface area contributed by atoms with Gasteiger partial charge in [0.25, 0.3) is 0 Å². The summed E-state index contributed by atoms with van der Waals surface area (Å²) in [7, 11) is 0. The Balaban J connectivity index is 1.42. The van der Waals surface area contributed by atoms with Crippen molar-refractivity contribution in [2.24, 2.45) is 52.3 Å². The first kappa shape index (κ1) is 21.7. The number of carboxylic acids is 1. The van der Waals surface area contributed by atoms with Crippen molar-refractivity contribution < 1.29 is 9.90 Å². The van der Waals surface area contributed by atoms with E-state index in [0.717, 1.165) is 48.3 Å². The van der Waals surface area contributed by atoms with Gasteiger partial charge in [0.1, 0.15) is 0 Å². The summed E-state index contributed by atoms with van der Waals surface area (Å²) < 4.78 is 0. The highest BCUT2D eigenvalue weighted by molar-refractivity contribution is 5.69. The second-order valence-corrected chi connectivity index (χ2v) is 12.3. The number of carboxylic acid groups (broad SMARTS) is 1. The minimum Gasteiger partial charge on any atom is -0.481 e. The van der Waals surface area contributed by atoms with E-state index < -0.39 is 5.97 Å². The molecular weight excluding hydrogens is 356 g/mol. The van der Waals surface area contributed by atoms with Gasteiger partial charge in [-0.25, -0.2) is 0 Å². The quantitative estimate of drug-likeness (QED) is 0.497. The van der Waals surface area contributed by atoms with Gasteiger partial charge in [0.05, 0.1) is 5.92 Å². The van der Waals surface area contributed by atoms with Gasteiger partial charge in [-0.05, 0) is 104 Å². The van der Waals surface area contributed by atoms with E-state index in [4.69, 9.17) is 5.11 Å². The number of hydrogen-bond donors (Lipinski definition) is 1. The van der Waals surface area contributed by atoms with Gasteiger partial charge in [-0.3, -0.25) is 4.79 Å². The second kappa shape index (κ2) is 8.19. The lowest BCUT2D eigenvalue weighted by molar-refractivity contribution is -0.141. The molecule has 9 atom stereocenters. The minimum atomic E-state index is -0.629. The molecular formula is C27H46O2. The second-order valence-electron chi connectivity index (χ2n) is 12.3. The highest BCUT2D eigenvalue weighted by Gasteiger charge is 2.60. The van der Waals surface area contributed by atoms with Crippen molar-refractivity contribution in [3.8, 4) is 0 Å². The van der Waals surface area contributed by atoms with Crippen molar-refractivity contribution in [2.75, 3.05) is 0 Å². The highest BCUT2D eigenvalue weighted by Crippen LogP contribution is 2.68. The predicted molar refractivity (Wildman–Crippen MR) is 120 cm³/mol. The Hall–Kier alpha value is -0.530. The van der Waals surface area contributed by atoms with Gasteiger partial charge in [0, 0.05) is 0 Å². The van der Waals surface area contributed by atoms with Crippen molar-refractivity contribution >= 4 is 5.97 Å². The Labute approximate surface area is 179 Å². The van der Waals surface area contributed by atoms with Crippen molar-refractivity contribution in [2.45, 2.75) is 111 Å². The smallest absolute Gasteiger partial charge is 0.306 e. The summed E-state index contributed by atoms with van der Waals surface area (Å²) >= 11 is 0. The van der Waals surface area contributed by atoms with Crippen molar-refractivity contribution in [1.29, 1.82) is 0 Å². The maximum atomic E-state index is 11.1. The molecule has 1 N–H and O–H groups in total. The van der Waals surface area contributed by atoms with Gasteiger partial charge in [0.2, 0.25) is 0 Å². The van der Waals surface area contributed by atoms with Crippen LogP contribution >= 0.6 is 0 Å². The van der Waals surface area contributed by atoms with Gasteiger partial charge in [-0.15, -0.1) is 0 Å². The number of fused-ring (bicyclic) bond motifs is 5. The Bertz CT molecular complexity index is 599. The van der Waals surface area contributed by atoms with Crippen LogP contribution in [0.3, 0.4) is 0 Å². The van der Waals surface area contributed by atoms with E-state index in [-0.39, 0.29) is 5.92 Å². The summed E-state index contributed by atoms with van der Waals surface area (Å²) in [4.78, 5) is 11.1. The molecule has 4 saturated carbocycles. The Kier molecular flexibility index (Phi) is 6.13. The maximum absolute atomic E-state index is 11.1. The van der Waals surface area contributed by atoms with Crippen LogP contribution in [0, 0.1) is 52.3 Å². The average molecular weight is 403 g/mol. The van der Waals surface area contributed by atoms with Crippen LogP contribution in [0.1, 0.15) is 111 Å². The van der Waals surface area contributed by atoms with E-state index in [1.54, 1.807) is 0 Å². The molecule has 2 heteroatoms. The fraction of sp³-hybridized carbons (Fsp3) is 0.963. The zero-order chi connectivity index (χ0) is 20.8. The van der Waals surface area contributed by atoms with Crippen LogP contribution in [0.2, 0.25) is 0 Å². The number of rotatable bonds is 6. The summed E-state index contributed by atoms with van der Waals surface area (Å²) in [5, 5.41) is 9.17. The summed E-state index contributed by atoms with van der Waals surface area (Å²) in [6, 6.07) is 0. The molecule has 0 bridgehead atoms. The molecule has 4 aliphatic rings. The molecule has 0 saturated heterocycles. The van der Waals surface area contributed by atoms with Crippen LogP contribution < -0.4 is 0 Å². The zero-order valence-electron chi connectivity index (χ0n) is 19.6. The maximum Gasteiger partial charge on any atom is 0.306 e. The van der Waals surface area contributed by atoms with E-state index in [1.807, 2.05) is 6.92 Å². The zero-order valence-corrected chi connectivity index (χ0v) is 19.6. The first-order valence-electron chi connectivity index (χ1n) is 13.0. The fourth-order valence-corrected chi connectivity index (χ4v) is 9.34. The lowest BCUT2D eigenvalue weighted by Crippen LogP contribution is -2.53. The molecule has 166 valence electrons. The van der Waals surface area contributed by atoms with E-state index in [2.05, 4.69) is 20.8 Å².